The summed E-state index contributed by atoms with van der Waals surface area (Å²) in [5.41, 5.74) is 10.7. The summed E-state index contributed by atoms with van der Waals surface area (Å²) in [5.74, 6) is -3.27. The summed E-state index contributed by atoms with van der Waals surface area (Å²) in [7, 11) is 6.52. The SMILES string of the molecule is [B]c1c(O)cc(O)c2c1OC(c1ccc(O)c(O)c1)C(C)C2c1c(O)cc(O)c2c1OC(c1ccc(C)c(C)c1)C(C)C2c1[c-]cc(C)c2c1OC(c1ccc(C)c(C)c1)C(C)C2.[Mo]. The molecule has 6 aromatic carbocycles. The Morgan fingerprint density at radius 3 is 1.58 bits per heavy atom. The Bertz CT molecular complexity index is 2840. The van der Waals surface area contributed by atoms with Crippen molar-refractivity contribution in [3.8, 4) is 51.7 Å². The van der Waals surface area contributed by atoms with E-state index in [1.807, 2.05) is 19.1 Å². The molecule has 0 amide bonds. The van der Waals surface area contributed by atoms with Crippen LogP contribution in [-0.4, -0.2) is 38.5 Å². The van der Waals surface area contributed by atoms with E-state index in [1.165, 1.54) is 29.3 Å². The Labute approximate surface area is 390 Å². The molecule has 2 radical (unpaired) electrons. The second kappa shape index (κ2) is 16.7. The molecule has 0 saturated heterocycles. The summed E-state index contributed by atoms with van der Waals surface area (Å²) in [6.07, 6.45) is -0.981. The standard InChI is InChI=1S/C53H52BO9.Mo/c1-23-9-12-31(17-26(23)4)48-28(6)19-35-25(3)11-15-34(51(35)61-48)42-29(7)49(32-13-10-24(2)27(5)18-32)62-52-44(42)38(57)21-39(58)45(52)43-30(8)50(33-14-16-36(55)37(56)20-33)63-53-46(43)40(59)22-41(60)47(53)54;/h9-14,16-18,20-22,28-30,42-43,48-50,55-60H,19H2,1-8H3;/q-1;. The Kier molecular flexibility index (Phi) is 11.7. The van der Waals surface area contributed by atoms with Crippen LogP contribution in [0.4, 0.5) is 0 Å². The largest absolute Gasteiger partial charge is 0.543 e. The second-order valence-electron chi connectivity index (χ2n) is 18.2. The van der Waals surface area contributed by atoms with Crippen molar-refractivity contribution in [2.24, 2.45) is 17.8 Å². The molecule has 11 heteroatoms. The van der Waals surface area contributed by atoms with E-state index in [9.17, 15) is 30.6 Å². The quantitative estimate of drug-likeness (QED) is 0.0565. The van der Waals surface area contributed by atoms with Crippen molar-refractivity contribution >= 4 is 13.3 Å². The summed E-state index contributed by atoms with van der Waals surface area (Å²) >= 11 is 0. The fraction of sp³-hybridized carbons (Fsp3) is 0.321. The minimum Gasteiger partial charge on any atom is -0.543 e. The first kappa shape index (κ1) is 44.9. The maximum Gasteiger partial charge on any atom is 0.157 e. The zero-order valence-electron chi connectivity index (χ0n) is 37.1. The van der Waals surface area contributed by atoms with Crippen molar-refractivity contribution in [3.63, 3.8) is 0 Å². The number of ether oxygens (including phenoxy) is 3. The van der Waals surface area contributed by atoms with Crippen LogP contribution in [0.25, 0.3) is 0 Å². The summed E-state index contributed by atoms with van der Waals surface area (Å²) in [6, 6.07) is 25.1. The third-order valence-electron chi connectivity index (χ3n) is 14.1. The Balaban J connectivity index is 0.00000560. The third kappa shape index (κ3) is 7.22. The van der Waals surface area contributed by atoms with E-state index in [0.717, 1.165) is 51.4 Å². The number of hydrogen-bond acceptors (Lipinski definition) is 9. The topological polar surface area (TPSA) is 149 Å². The van der Waals surface area contributed by atoms with Gasteiger partial charge in [0.2, 0.25) is 0 Å². The van der Waals surface area contributed by atoms with Gasteiger partial charge in [-0.15, -0.1) is 11.1 Å². The van der Waals surface area contributed by atoms with Crippen molar-refractivity contribution in [1.82, 2.24) is 0 Å². The number of phenols is 6. The molecule has 328 valence electrons. The van der Waals surface area contributed by atoms with Gasteiger partial charge in [-0.1, -0.05) is 70.2 Å². The number of hydrogen-bond donors (Lipinski definition) is 6. The molecule has 0 saturated carbocycles. The first-order chi connectivity index (χ1) is 29.9. The van der Waals surface area contributed by atoms with Crippen LogP contribution in [0.15, 0.2) is 72.8 Å². The fourth-order valence-electron chi connectivity index (χ4n) is 10.4. The van der Waals surface area contributed by atoms with E-state index in [2.05, 4.69) is 84.9 Å². The molecule has 8 atom stereocenters. The first-order valence-electron chi connectivity index (χ1n) is 21.6. The van der Waals surface area contributed by atoms with Gasteiger partial charge in [-0.25, -0.2) is 0 Å². The molecule has 3 heterocycles. The molecule has 0 spiro atoms. The molecule has 9 rings (SSSR count). The van der Waals surface area contributed by atoms with Crippen LogP contribution in [-0.2, 0) is 27.5 Å². The van der Waals surface area contributed by atoms with Crippen LogP contribution < -0.4 is 19.7 Å². The summed E-state index contributed by atoms with van der Waals surface area (Å²) < 4.78 is 20.9. The molecule has 0 bridgehead atoms. The minimum atomic E-state index is -0.927. The average molecular weight is 940 g/mol. The van der Waals surface area contributed by atoms with Crippen molar-refractivity contribution < 1.29 is 65.9 Å². The van der Waals surface area contributed by atoms with Crippen molar-refractivity contribution in [2.75, 3.05) is 0 Å². The van der Waals surface area contributed by atoms with Gasteiger partial charge < -0.3 is 44.8 Å². The van der Waals surface area contributed by atoms with E-state index < -0.39 is 35.7 Å². The zero-order valence-corrected chi connectivity index (χ0v) is 39.2. The molecule has 6 N–H and O–H groups in total. The Hall–Kier alpha value is -5.73. The van der Waals surface area contributed by atoms with Gasteiger partial charge in [-0.2, -0.15) is 17.7 Å². The number of aromatic hydroxyl groups is 6. The third-order valence-corrected chi connectivity index (χ3v) is 14.1. The van der Waals surface area contributed by atoms with Crippen LogP contribution >= 0.6 is 0 Å². The molecule has 3 aliphatic rings. The molecule has 3 aliphatic heterocycles. The van der Waals surface area contributed by atoms with Crippen LogP contribution in [0.3, 0.4) is 0 Å². The van der Waals surface area contributed by atoms with Crippen LogP contribution in [0.5, 0.6) is 51.7 Å². The van der Waals surface area contributed by atoms with E-state index in [0.29, 0.717) is 16.9 Å². The van der Waals surface area contributed by atoms with Gasteiger partial charge in [-0.3, -0.25) is 0 Å². The molecular formula is C53H52BMoO9-. The Morgan fingerprint density at radius 2 is 0.984 bits per heavy atom. The second-order valence-corrected chi connectivity index (χ2v) is 18.2. The smallest absolute Gasteiger partial charge is 0.157 e. The van der Waals surface area contributed by atoms with Gasteiger partial charge in [0, 0.05) is 79.3 Å². The molecule has 0 aliphatic carbocycles. The molecule has 0 fully saturated rings. The molecule has 9 nitrogen and oxygen atoms in total. The van der Waals surface area contributed by atoms with Crippen molar-refractivity contribution in [3.05, 3.63) is 151 Å². The fourth-order valence-corrected chi connectivity index (χ4v) is 10.4. The van der Waals surface area contributed by atoms with Crippen molar-refractivity contribution in [1.29, 1.82) is 0 Å². The predicted octanol–water partition coefficient (Wildman–Crippen LogP) is 10.2. The average Bonchev–Trinajstić information content (AvgIpc) is 3.24. The first-order valence-corrected chi connectivity index (χ1v) is 21.6. The van der Waals surface area contributed by atoms with Gasteiger partial charge in [-0.05, 0) is 96.6 Å². The van der Waals surface area contributed by atoms with E-state index in [-0.39, 0.29) is 95.8 Å². The summed E-state index contributed by atoms with van der Waals surface area (Å²) in [4.78, 5) is 0. The van der Waals surface area contributed by atoms with Gasteiger partial charge in [0.15, 0.2) is 11.5 Å². The van der Waals surface area contributed by atoms with Crippen LogP contribution in [0, 0.1) is 58.4 Å². The number of phenolic OH excluding ortho intramolecular Hbond substituents is 6. The maximum absolute atomic E-state index is 12.3. The monoisotopic (exact) mass is 941 g/mol. The van der Waals surface area contributed by atoms with Crippen LogP contribution in [0.1, 0.15) is 123 Å². The van der Waals surface area contributed by atoms with Gasteiger partial charge in [0.05, 0.1) is 0 Å². The molecule has 8 unspecified atom stereocenters. The van der Waals surface area contributed by atoms with Gasteiger partial charge in [0.25, 0.3) is 0 Å². The number of benzene rings is 6. The summed E-state index contributed by atoms with van der Waals surface area (Å²) in [6.45, 7) is 16.6. The number of aryl methyl sites for hydroxylation is 5. The normalized spacial score (nSPS) is 23.3. The Morgan fingerprint density at radius 1 is 0.500 bits per heavy atom. The molecular weight excluding hydrogens is 887 g/mol. The predicted molar refractivity (Wildman–Crippen MR) is 242 cm³/mol. The van der Waals surface area contributed by atoms with E-state index in [1.54, 1.807) is 6.07 Å². The molecule has 64 heavy (non-hydrogen) atoms. The van der Waals surface area contributed by atoms with Crippen molar-refractivity contribution in [2.45, 2.75) is 92.0 Å². The molecule has 0 aromatic heterocycles. The summed E-state index contributed by atoms with van der Waals surface area (Å²) in [5, 5.41) is 68.0. The molecule has 6 aromatic rings. The van der Waals surface area contributed by atoms with E-state index in [4.69, 9.17) is 22.1 Å². The minimum absolute atomic E-state index is 0. The van der Waals surface area contributed by atoms with E-state index >= 15 is 0 Å². The number of fused-ring (bicyclic) bond motifs is 3. The van der Waals surface area contributed by atoms with Crippen LogP contribution in [0.2, 0.25) is 0 Å². The number of rotatable bonds is 5. The van der Waals surface area contributed by atoms with Gasteiger partial charge >= 0.3 is 0 Å². The zero-order chi connectivity index (χ0) is 44.9. The maximum atomic E-state index is 12.3. The van der Waals surface area contributed by atoms with Gasteiger partial charge in [0.1, 0.15) is 60.7 Å².